The number of allylic oxidation sites excluding steroid dienone is 2. The SMILES string of the molecule is CC1(C)[C@@H]([O-])CC[C@]2(C)[C@H]3C(=O)C=C4[C@@H]5C[C@@](C)(C(=O)[O-])CC[C@]5(C)CC[C@@]4(C)[C@]3(C)CC[C@@H]12.[Na+].[Na+]. The maximum Gasteiger partial charge on any atom is 1.00 e. The molecule has 190 valence electrons. The molecule has 5 aliphatic carbocycles. The van der Waals surface area contributed by atoms with E-state index in [1.165, 1.54) is 5.57 Å². The number of aliphatic carboxylic acids is 1. The average Bonchev–Trinajstić information content (AvgIpc) is 2.73. The Kier molecular flexibility index (Phi) is 8.24. The average molecular weight is 515 g/mol. The van der Waals surface area contributed by atoms with Gasteiger partial charge in [0.1, 0.15) is 0 Å². The molecule has 0 N–H and O–H groups in total. The van der Waals surface area contributed by atoms with Gasteiger partial charge in [0.2, 0.25) is 0 Å². The Hall–Kier alpha value is 0.840. The number of carboxylic acids is 1. The largest absolute Gasteiger partial charge is 1.00 e. The summed E-state index contributed by atoms with van der Waals surface area (Å²) in [4.78, 5) is 26.3. The molecule has 9 atom stereocenters. The molecule has 0 spiro atoms. The van der Waals surface area contributed by atoms with Gasteiger partial charge in [-0.2, -0.15) is 0 Å². The first-order valence-corrected chi connectivity index (χ1v) is 13.7. The van der Waals surface area contributed by atoms with E-state index in [2.05, 4.69) is 41.5 Å². The zero-order valence-electron chi connectivity index (χ0n) is 24.4. The van der Waals surface area contributed by atoms with Gasteiger partial charge in [-0.15, -0.1) is 6.10 Å². The molecule has 0 aromatic carbocycles. The Labute approximate surface area is 262 Å². The fourth-order valence-corrected chi connectivity index (χ4v) is 10.3. The molecule has 0 heterocycles. The summed E-state index contributed by atoms with van der Waals surface area (Å²) in [6.45, 7) is 15.5. The summed E-state index contributed by atoms with van der Waals surface area (Å²) in [6.07, 6.45) is 9.14. The van der Waals surface area contributed by atoms with Crippen molar-refractivity contribution in [3.63, 3.8) is 0 Å². The Balaban J connectivity index is 0.00000180. The molecule has 5 rings (SSSR count). The van der Waals surface area contributed by atoms with Crippen molar-refractivity contribution in [1.29, 1.82) is 0 Å². The summed E-state index contributed by atoms with van der Waals surface area (Å²) in [6, 6.07) is 0. The zero-order valence-corrected chi connectivity index (χ0v) is 28.4. The van der Waals surface area contributed by atoms with Gasteiger partial charge in [-0.3, -0.25) is 4.79 Å². The third kappa shape index (κ3) is 3.92. The van der Waals surface area contributed by atoms with Gasteiger partial charge >= 0.3 is 59.1 Å². The van der Waals surface area contributed by atoms with Crippen molar-refractivity contribution >= 4 is 11.8 Å². The van der Waals surface area contributed by atoms with Crippen LogP contribution in [-0.2, 0) is 9.59 Å². The van der Waals surface area contributed by atoms with Crippen LogP contribution in [0.15, 0.2) is 11.6 Å². The first kappa shape index (κ1) is 31.4. The van der Waals surface area contributed by atoms with E-state index in [-0.39, 0.29) is 110 Å². The third-order valence-electron chi connectivity index (χ3n) is 13.0. The molecule has 5 aliphatic rings. The fraction of sp³-hybridized carbons (Fsp3) is 0.867. The van der Waals surface area contributed by atoms with Gasteiger partial charge in [-0.05, 0) is 96.4 Å². The van der Waals surface area contributed by atoms with E-state index in [0.29, 0.717) is 19.3 Å². The second-order valence-corrected chi connectivity index (χ2v) is 14.9. The summed E-state index contributed by atoms with van der Waals surface area (Å²) in [5, 5.41) is 25.1. The van der Waals surface area contributed by atoms with Crippen LogP contribution in [0.2, 0.25) is 0 Å². The van der Waals surface area contributed by atoms with Crippen molar-refractivity contribution in [2.24, 2.45) is 50.2 Å². The number of fused-ring (bicyclic) bond motifs is 7. The van der Waals surface area contributed by atoms with Crippen LogP contribution < -0.4 is 69.3 Å². The molecule has 36 heavy (non-hydrogen) atoms. The Bertz CT molecular complexity index is 976. The number of carbonyl (C=O) groups is 2. The van der Waals surface area contributed by atoms with E-state index in [1.54, 1.807) is 0 Å². The van der Waals surface area contributed by atoms with Crippen LogP contribution >= 0.6 is 0 Å². The number of ketones is 1. The fourth-order valence-electron chi connectivity index (χ4n) is 10.3. The molecular weight excluding hydrogens is 470 g/mol. The predicted octanol–water partition coefficient (Wildman–Crippen LogP) is -1.55. The molecule has 6 heteroatoms. The van der Waals surface area contributed by atoms with Crippen molar-refractivity contribution in [2.45, 2.75) is 112 Å². The van der Waals surface area contributed by atoms with Crippen LogP contribution in [0.4, 0.5) is 0 Å². The van der Waals surface area contributed by atoms with Gasteiger partial charge in [0.15, 0.2) is 5.78 Å². The van der Waals surface area contributed by atoms with Crippen molar-refractivity contribution in [3.05, 3.63) is 11.6 Å². The summed E-state index contributed by atoms with van der Waals surface area (Å²) < 4.78 is 0. The normalized spacial score (nSPS) is 51.1. The Morgan fingerprint density at radius 3 is 2.11 bits per heavy atom. The topological polar surface area (TPSA) is 80.3 Å². The number of carboxylic acid groups (broad SMARTS) is 1. The molecule has 4 nitrogen and oxygen atoms in total. The Morgan fingerprint density at radius 1 is 0.889 bits per heavy atom. The summed E-state index contributed by atoms with van der Waals surface area (Å²) in [5.74, 6) is -0.393. The number of hydrogen-bond acceptors (Lipinski definition) is 4. The van der Waals surface area contributed by atoms with E-state index < -0.39 is 17.5 Å². The predicted molar refractivity (Wildman–Crippen MR) is 128 cm³/mol. The minimum atomic E-state index is -0.946. The van der Waals surface area contributed by atoms with Crippen LogP contribution in [0.3, 0.4) is 0 Å². The molecular formula is C30H44Na2O4. The molecule has 0 saturated heterocycles. The maximum atomic E-state index is 14.2. The number of hydrogen-bond donors (Lipinski definition) is 0. The molecule has 0 amide bonds. The van der Waals surface area contributed by atoms with Crippen molar-refractivity contribution in [1.82, 2.24) is 0 Å². The maximum absolute atomic E-state index is 14.2. The molecule has 4 fully saturated rings. The number of rotatable bonds is 1. The van der Waals surface area contributed by atoms with Crippen LogP contribution in [0.1, 0.15) is 106 Å². The minimum absolute atomic E-state index is 0. The third-order valence-corrected chi connectivity index (χ3v) is 13.0. The Morgan fingerprint density at radius 2 is 1.50 bits per heavy atom. The second-order valence-electron chi connectivity index (χ2n) is 14.9. The summed E-state index contributed by atoms with van der Waals surface area (Å²) in [5.41, 5.74) is -0.293. The van der Waals surface area contributed by atoms with Gasteiger partial charge < -0.3 is 15.0 Å². The van der Waals surface area contributed by atoms with E-state index in [9.17, 15) is 19.8 Å². The van der Waals surface area contributed by atoms with Gasteiger partial charge in [0.25, 0.3) is 0 Å². The van der Waals surface area contributed by atoms with E-state index >= 15 is 0 Å². The molecule has 0 aliphatic heterocycles. The van der Waals surface area contributed by atoms with E-state index in [1.807, 2.05) is 13.0 Å². The summed E-state index contributed by atoms with van der Waals surface area (Å²) in [7, 11) is 0. The van der Waals surface area contributed by atoms with Crippen LogP contribution in [0, 0.1) is 50.2 Å². The first-order chi connectivity index (χ1) is 15.6. The zero-order chi connectivity index (χ0) is 25.1. The van der Waals surface area contributed by atoms with Crippen LogP contribution in [0.25, 0.3) is 0 Å². The minimum Gasteiger partial charge on any atom is -0.852 e. The quantitative estimate of drug-likeness (QED) is 0.397. The monoisotopic (exact) mass is 514 g/mol. The molecule has 0 aromatic rings. The van der Waals surface area contributed by atoms with Crippen LogP contribution in [0.5, 0.6) is 0 Å². The number of carbonyl (C=O) groups excluding carboxylic acids is 2. The molecule has 4 saturated carbocycles. The van der Waals surface area contributed by atoms with Gasteiger partial charge in [0, 0.05) is 17.3 Å². The molecule has 0 unspecified atom stereocenters. The van der Waals surface area contributed by atoms with E-state index in [4.69, 9.17) is 0 Å². The second kappa shape index (κ2) is 9.45. The smallest absolute Gasteiger partial charge is 0.852 e. The standard InChI is InChI=1S/C30H45O4.2Na/c1-25(2)21-8-11-30(7)23(28(21,5)10-9-22(25)32)20(31)16-18-19-17-27(4,24(33)34)13-12-26(19,3)14-15-29(18,30)6;;/h16,19,21-23H,8-15,17H2,1-7H3,(H,33,34);;/q-1;2*+1/p-1/t19-,21-,22-,23+,26+,27-,28-,29+,30+;;/m0../s1. The van der Waals surface area contributed by atoms with Crippen molar-refractivity contribution in [2.75, 3.05) is 0 Å². The molecule has 0 aromatic heterocycles. The van der Waals surface area contributed by atoms with E-state index in [0.717, 1.165) is 38.5 Å². The molecule has 0 bridgehead atoms. The molecule has 0 radical (unpaired) electrons. The van der Waals surface area contributed by atoms with Gasteiger partial charge in [-0.25, -0.2) is 0 Å². The first-order valence-electron chi connectivity index (χ1n) is 13.7. The van der Waals surface area contributed by atoms with Gasteiger partial charge in [-0.1, -0.05) is 60.5 Å². The van der Waals surface area contributed by atoms with Crippen molar-refractivity contribution < 1.29 is 78.9 Å². The summed E-state index contributed by atoms with van der Waals surface area (Å²) >= 11 is 0. The van der Waals surface area contributed by atoms with Crippen molar-refractivity contribution in [3.8, 4) is 0 Å². The van der Waals surface area contributed by atoms with Crippen LogP contribution in [-0.4, -0.2) is 17.9 Å². The van der Waals surface area contributed by atoms with Gasteiger partial charge in [0.05, 0.1) is 0 Å².